The van der Waals surface area contributed by atoms with Crippen LogP contribution in [0.25, 0.3) is 16.9 Å². The quantitative estimate of drug-likeness (QED) is 0.717. The number of halogens is 2. The third-order valence-corrected chi connectivity index (χ3v) is 3.76. The average molecular weight is 393 g/mol. The van der Waals surface area contributed by atoms with E-state index in [1.807, 2.05) is 0 Å². The molecule has 0 atom stereocenters. The van der Waals surface area contributed by atoms with Crippen LogP contribution < -0.4 is 4.74 Å². The maximum Gasteiger partial charge on any atom is 0.341 e. The van der Waals surface area contributed by atoms with Gasteiger partial charge in [-0.2, -0.15) is 0 Å². The van der Waals surface area contributed by atoms with E-state index in [0.29, 0.717) is 15.7 Å². The topological polar surface area (TPSA) is 90.1 Å². The lowest BCUT2D eigenvalue weighted by Crippen LogP contribution is -2.10. The molecule has 3 rings (SSSR count). The van der Waals surface area contributed by atoms with Gasteiger partial charge in [0.15, 0.2) is 6.61 Å². The number of carboxylic acids is 1. The van der Waals surface area contributed by atoms with Crippen LogP contribution in [0, 0.1) is 5.82 Å². The molecule has 0 aliphatic rings. The number of aromatic nitrogens is 4. The van der Waals surface area contributed by atoms with Gasteiger partial charge in [0.2, 0.25) is 5.88 Å². The van der Waals surface area contributed by atoms with Crippen LogP contribution in [-0.4, -0.2) is 37.4 Å². The van der Waals surface area contributed by atoms with Gasteiger partial charge in [0.1, 0.15) is 22.3 Å². The zero-order chi connectivity index (χ0) is 17.1. The molecule has 0 radical (unpaired) electrons. The van der Waals surface area contributed by atoms with Gasteiger partial charge in [0, 0.05) is 18.0 Å². The molecule has 1 N–H and O–H groups in total. The molecular weight excluding hydrogens is 383 g/mol. The van der Waals surface area contributed by atoms with Gasteiger partial charge < -0.3 is 9.84 Å². The van der Waals surface area contributed by atoms with Crippen molar-refractivity contribution >= 4 is 21.9 Å². The molecule has 7 nitrogen and oxygen atoms in total. The molecular formula is C15H10BrFN4O3. The standard InChI is InChI=1S/C15H10BrFN4O3/c16-13-14(9-5-18-8-19-6-9)21(11-4-2-1-3-10(11)17)20-15(13)24-7-12(22)23/h1-6,8H,7H2,(H,22,23). The van der Waals surface area contributed by atoms with E-state index in [9.17, 15) is 9.18 Å². The van der Waals surface area contributed by atoms with Gasteiger partial charge in [0.05, 0.1) is 5.69 Å². The molecule has 0 fully saturated rings. The van der Waals surface area contributed by atoms with Gasteiger partial charge in [-0.3, -0.25) is 0 Å². The Kier molecular flexibility index (Phi) is 4.52. The number of hydrogen-bond acceptors (Lipinski definition) is 5. The first-order chi connectivity index (χ1) is 11.6. The van der Waals surface area contributed by atoms with Crippen molar-refractivity contribution in [2.45, 2.75) is 0 Å². The fraction of sp³-hybridized carbons (Fsp3) is 0.0667. The molecule has 0 unspecified atom stereocenters. The van der Waals surface area contributed by atoms with Crippen molar-refractivity contribution in [2.24, 2.45) is 0 Å². The lowest BCUT2D eigenvalue weighted by molar-refractivity contribution is -0.139. The van der Waals surface area contributed by atoms with Gasteiger partial charge in [-0.05, 0) is 28.1 Å². The summed E-state index contributed by atoms with van der Waals surface area (Å²) in [5, 5.41) is 12.9. The molecule has 2 heterocycles. The number of ether oxygens (including phenoxy) is 1. The highest BCUT2D eigenvalue weighted by Crippen LogP contribution is 2.37. The van der Waals surface area contributed by atoms with Crippen molar-refractivity contribution in [1.82, 2.24) is 19.7 Å². The van der Waals surface area contributed by atoms with Gasteiger partial charge in [0.25, 0.3) is 0 Å². The summed E-state index contributed by atoms with van der Waals surface area (Å²) in [5.74, 6) is -1.61. The summed E-state index contributed by atoms with van der Waals surface area (Å²) in [7, 11) is 0. The number of hydrogen-bond donors (Lipinski definition) is 1. The number of nitrogens with zero attached hydrogens (tertiary/aromatic N) is 4. The zero-order valence-electron chi connectivity index (χ0n) is 12.1. The van der Waals surface area contributed by atoms with Gasteiger partial charge >= 0.3 is 5.97 Å². The maximum atomic E-state index is 14.2. The summed E-state index contributed by atoms with van der Waals surface area (Å²) < 4.78 is 21.0. The van der Waals surface area contributed by atoms with Crippen molar-refractivity contribution in [1.29, 1.82) is 0 Å². The van der Waals surface area contributed by atoms with Crippen molar-refractivity contribution < 1.29 is 19.0 Å². The molecule has 0 spiro atoms. The molecule has 2 aromatic heterocycles. The van der Waals surface area contributed by atoms with E-state index in [1.54, 1.807) is 18.2 Å². The summed E-state index contributed by atoms with van der Waals surface area (Å²) in [5.41, 5.74) is 1.19. The van der Waals surface area contributed by atoms with Crippen molar-refractivity contribution in [2.75, 3.05) is 6.61 Å². The Bertz CT molecular complexity index is 886. The zero-order valence-corrected chi connectivity index (χ0v) is 13.6. The molecule has 24 heavy (non-hydrogen) atoms. The fourth-order valence-corrected chi connectivity index (χ4v) is 2.66. The minimum absolute atomic E-state index is 0.0273. The van der Waals surface area contributed by atoms with Crippen LogP contribution in [0.5, 0.6) is 5.88 Å². The van der Waals surface area contributed by atoms with E-state index in [4.69, 9.17) is 9.84 Å². The number of rotatable bonds is 5. The number of para-hydroxylation sites is 1. The van der Waals surface area contributed by atoms with Crippen molar-refractivity contribution in [3.8, 4) is 22.8 Å². The van der Waals surface area contributed by atoms with Gasteiger partial charge in [-0.1, -0.05) is 12.1 Å². The molecule has 0 aliphatic carbocycles. The number of carbonyl (C=O) groups is 1. The Morgan fingerprint density at radius 1 is 1.29 bits per heavy atom. The SMILES string of the molecule is O=C(O)COc1nn(-c2ccccc2F)c(-c2cncnc2)c1Br. The van der Waals surface area contributed by atoms with E-state index in [1.165, 1.54) is 29.5 Å². The first-order valence-corrected chi connectivity index (χ1v) is 7.50. The van der Waals surface area contributed by atoms with E-state index in [2.05, 4.69) is 31.0 Å². The smallest absolute Gasteiger partial charge is 0.341 e. The second-order valence-electron chi connectivity index (χ2n) is 4.64. The van der Waals surface area contributed by atoms with Crippen LogP contribution in [-0.2, 0) is 4.79 Å². The molecule has 0 saturated heterocycles. The Hall–Kier alpha value is -2.81. The molecule has 9 heteroatoms. The van der Waals surface area contributed by atoms with Crippen molar-refractivity contribution in [3.63, 3.8) is 0 Å². The predicted octanol–water partition coefficient (Wildman–Crippen LogP) is 2.69. The first kappa shape index (κ1) is 16.1. The molecule has 3 aromatic rings. The first-order valence-electron chi connectivity index (χ1n) is 6.71. The van der Waals surface area contributed by atoms with Crippen LogP contribution in [0.2, 0.25) is 0 Å². The summed E-state index contributed by atoms with van der Waals surface area (Å²) in [6.45, 7) is -0.572. The molecule has 1 aromatic carbocycles. The van der Waals surface area contributed by atoms with Gasteiger partial charge in [-0.15, -0.1) is 5.10 Å². The fourth-order valence-electron chi connectivity index (χ4n) is 2.07. The predicted molar refractivity (Wildman–Crippen MR) is 85.4 cm³/mol. The van der Waals surface area contributed by atoms with Crippen LogP contribution >= 0.6 is 15.9 Å². The summed E-state index contributed by atoms with van der Waals surface area (Å²) >= 11 is 3.33. The Morgan fingerprint density at radius 2 is 2.00 bits per heavy atom. The summed E-state index contributed by atoms with van der Waals surface area (Å²) in [6, 6.07) is 6.07. The van der Waals surface area contributed by atoms with E-state index in [0.717, 1.165) is 0 Å². The molecule has 0 aliphatic heterocycles. The van der Waals surface area contributed by atoms with E-state index < -0.39 is 18.4 Å². The average Bonchev–Trinajstić information content (AvgIpc) is 2.90. The number of benzene rings is 1. The summed E-state index contributed by atoms with van der Waals surface area (Å²) in [6.07, 6.45) is 4.43. The van der Waals surface area contributed by atoms with Gasteiger partial charge in [-0.25, -0.2) is 23.8 Å². The largest absolute Gasteiger partial charge is 0.479 e. The van der Waals surface area contributed by atoms with Crippen LogP contribution in [0.3, 0.4) is 0 Å². The van der Waals surface area contributed by atoms with E-state index >= 15 is 0 Å². The van der Waals surface area contributed by atoms with E-state index in [-0.39, 0.29) is 11.6 Å². The van der Waals surface area contributed by atoms with Crippen LogP contribution in [0.4, 0.5) is 4.39 Å². The highest BCUT2D eigenvalue weighted by atomic mass is 79.9. The monoisotopic (exact) mass is 392 g/mol. The third-order valence-electron chi connectivity index (χ3n) is 3.05. The molecule has 0 bridgehead atoms. The minimum Gasteiger partial charge on any atom is -0.479 e. The van der Waals surface area contributed by atoms with Crippen LogP contribution in [0.1, 0.15) is 0 Å². The number of carboxylic acid groups (broad SMARTS) is 1. The van der Waals surface area contributed by atoms with Crippen molar-refractivity contribution in [3.05, 3.63) is 53.3 Å². The second-order valence-corrected chi connectivity index (χ2v) is 5.43. The Balaban J connectivity index is 2.18. The molecule has 0 amide bonds. The molecule has 0 saturated carbocycles. The normalized spacial score (nSPS) is 10.6. The lowest BCUT2D eigenvalue weighted by atomic mass is 10.2. The summed E-state index contributed by atoms with van der Waals surface area (Å²) in [4.78, 5) is 18.6. The number of aliphatic carboxylic acids is 1. The lowest BCUT2D eigenvalue weighted by Gasteiger charge is -2.08. The maximum absolute atomic E-state index is 14.2. The van der Waals surface area contributed by atoms with Crippen LogP contribution in [0.15, 0.2) is 47.5 Å². The minimum atomic E-state index is -1.15. The third kappa shape index (κ3) is 3.11. The Labute approximate surface area is 143 Å². The Morgan fingerprint density at radius 3 is 2.67 bits per heavy atom. The molecule has 122 valence electrons. The highest BCUT2D eigenvalue weighted by molar-refractivity contribution is 9.10. The highest BCUT2D eigenvalue weighted by Gasteiger charge is 2.22. The second kappa shape index (κ2) is 6.75.